The average molecular weight is 679 g/mol. The number of hydrogen-bond donors (Lipinski definition) is 0. The molecule has 2 saturated heterocycles. The number of carbonyl (C=O) groups is 4. The molecule has 6 aromatic carbocycles. The summed E-state index contributed by atoms with van der Waals surface area (Å²) in [7, 11) is 0. The Bertz CT molecular complexity index is 2410. The first-order chi connectivity index (χ1) is 25.5. The van der Waals surface area contributed by atoms with Crippen molar-refractivity contribution in [1.29, 1.82) is 0 Å². The van der Waals surface area contributed by atoms with Crippen molar-refractivity contribution >= 4 is 67.7 Å². The van der Waals surface area contributed by atoms with E-state index in [2.05, 4.69) is 0 Å². The first kappa shape index (κ1) is 30.7. The fourth-order valence-electron chi connectivity index (χ4n) is 10.6. The van der Waals surface area contributed by atoms with Crippen molar-refractivity contribution in [1.82, 2.24) is 0 Å². The van der Waals surface area contributed by atoms with Gasteiger partial charge in [0.25, 0.3) is 0 Å². The van der Waals surface area contributed by atoms with Crippen molar-refractivity contribution in [2.45, 2.75) is 13.3 Å². The number of amides is 4. The maximum absolute atomic E-state index is 15.3. The van der Waals surface area contributed by atoms with E-state index in [9.17, 15) is 0 Å². The maximum atomic E-state index is 15.3. The minimum absolute atomic E-state index is 0.305. The summed E-state index contributed by atoms with van der Waals surface area (Å²) in [6, 6.07) is 46.8. The molecule has 252 valence electrons. The normalized spacial score (nSPS) is 26.5. The van der Waals surface area contributed by atoms with Crippen LogP contribution in [0.3, 0.4) is 0 Å². The summed E-state index contributed by atoms with van der Waals surface area (Å²) < 4.78 is 0. The van der Waals surface area contributed by atoms with Gasteiger partial charge in [-0.2, -0.15) is 0 Å². The van der Waals surface area contributed by atoms with Gasteiger partial charge in [-0.1, -0.05) is 140 Å². The van der Waals surface area contributed by atoms with Gasteiger partial charge < -0.3 is 0 Å². The lowest BCUT2D eigenvalue weighted by Crippen LogP contribution is -2.60. The van der Waals surface area contributed by atoms with Crippen LogP contribution in [0.2, 0.25) is 0 Å². The number of benzene rings is 6. The zero-order chi connectivity index (χ0) is 35.3. The van der Waals surface area contributed by atoms with Crippen molar-refractivity contribution in [2.24, 2.45) is 35.0 Å². The van der Waals surface area contributed by atoms with Crippen molar-refractivity contribution in [2.75, 3.05) is 9.80 Å². The molecule has 3 aliphatic carbocycles. The molecule has 6 nitrogen and oxygen atoms in total. The smallest absolute Gasteiger partial charge is 0.238 e. The highest BCUT2D eigenvalue weighted by atomic mass is 16.2. The summed E-state index contributed by atoms with van der Waals surface area (Å²) in [5, 5.41) is 3.45. The Balaban J connectivity index is 1.27. The van der Waals surface area contributed by atoms with Crippen LogP contribution >= 0.6 is 0 Å². The summed E-state index contributed by atoms with van der Waals surface area (Å²) >= 11 is 0. The summed E-state index contributed by atoms with van der Waals surface area (Å²) in [6.07, 6.45) is 0.382. The topological polar surface area (TPSA) is 74.8 Å². The van der Waals surface area contributed by atoms with E-state index in [4.69, 9.17) is 0 Å². The van der Waals surface area contributed by atoms with Gasteiger partial charge in [0.05, 0.1) is 35.0 Å². The first-order valence-electron chi connectivity index (χ1n) is 18.0. The summed E-state index contributed by atoms with van der Waals surface area (Å²) in [6.45, 7) is 2.02. The van der Waals surface area contributed by atoms with Gasteiger partial charge in [0.1, 0.15) is 0 Å². The average Bonchev–Trinajstić information content (AvgIpc) is 3.63. The number of fused-ring (bicyclic) bond motifs is 2. The Morgan fingerprint density at radius 1 is 0.462 bits per heavy atom. The van der Waals surface area contributed by atoms with Crippen molar-refractivity contribution in [3.63, 3.8) is 0 Å². The van der Waals surface area contributed by atoms with Gasteiger partial charge >= 0.3 is 0 Å². The van der Waals surface area contributed by atoms with Crippen molar-refractivity contribution < 1.29 is 19.2 Å². The van der Waals surface area contributed by atoms with Crippen LogP contribution < -0.4 is 9.80 Å². The molecule has 4 amide bonds. The highest BCUT2D eigenvalue weighted by molar-refractivity contribution is 6.31. The van der Waals surface area contributed by atoms with Crippen molar-refractivity contribution in [3.05, 3.63) is 157 Å². The van der Waals surface area contributed by atoms with Gasteiger partial charge in [-0.15, -0.1) is 0 Å². The Labute approximate surface area is 301 Å². The maximum Gasteiger partial charge on any atom is 0.238 e. The number of rotatable bonds is 5. The molecular weight excluding hydrogens is 645 g/mol. The molecule has 2 heterocycles. The molecule has 0 spiro atoms. The van der Waals surface area contributed by atoms with Crippen LogP contribution in [0.4, 0.5) is 11.4 Å². The van der Waals surface area contributed by atoms with E-state index in [0.717, 1.165) is 43.8 Å². The van der Waals surface area contributed by atoms with Gasteiger partial charge in [0.2, 0.25) is 23.6 Å². The monoisotopic (exact) mass is 678 g/mol. The van der Waals surface area contributed by atoms with Gasteiger partial charge in [0, 0.05) is 22.1 Å². The minimum Gasteiger partial charge on any atom is -0.274 e. The molecule has 0 radical (unpaired) electrons. The van der Waals surface area contributed by atoms with Crippen LogP contribution in [0.1, 0.15) is 24.5 Å². The van der Waals surface area contributed by atoms with Gasteiger partial charge in [-0.3, -0.25) is 19.2 Å². The second-order valence-electron chi connectivity index (χ2n) is 14.5. The Hall–Kier alpha value is -6.14. The molecule has 4 atom stereocenters. The Morgan fingerprint density at radius 3 is 1.37 bits per heavy atom. The van der Waals surface area contributed by atoms with E-state index in [1.54, 1.807) is 0 Å². The molecule has 0 N–H and O–H groups in total. The van der Waals surface area contributed by atoms with Gasteiger partial charge in [-0.25, -0.2) is 9.80 Å². The van der Waals surface area contributed by atoms with E-state index in [0.29, 0.717) is 17.8 Å². The zero-order valence-electron chi connectivity index (χ0n) is 28.5. The van der Waals surface area contributed by atoms with Gasteiger partial charge in [-0.05, 0) is 51.6 Å². The van der Waals surface area contributed by atoms with E-state index >= 15 is 19.2 Å². The molecule has 6 aromatic rings. The third kappa shape index (κ3) is 3.84. The minimum atomic E-state index is -1.16. The van der Waals surface area contributed by atoms with Crippen LogP contribution in [-0.4, -0.2) is 23.6 Å². The zero-order valence-corrected chi connectivity index (χ0v) is 28.5. The summed E-state index contributed by atoms with van der Waals surface area (Å²) in [5.74, 6) is -5.30. The second-order valence-corrected chi connectivity index (χ2v) is 14.5. The van der Waals surface area contributed by atoms with E-state index in [-0.39, 0.29) is 23.6 Å². The lowest BCUT2D eigenvalue weighted by Gasteiger charge is -2.58. The molecule has 4 unspecified atom stereocenters. The SMILES string of the molecule is CCC12C(c3ccccc3)=C(c3ccccc3)C(C3C(=O)N(c4cccc5ccccc45)C(=O)C31)C1C(=O)N(c3cccc4ccccc34)C(=O)C12. The predicted octanol–water partition coefficient (Wildman–Crippen LogP) is 8.56. The standard InChI is InChI=1S/C46H34N2O4/c1-2-46-39(30-19-7-4-8-20-30)35(29-17-5-3-6-18-29)36(37-40(46)44(51)47(42(37)49)33-25-13-21-27-15-9-11-23-31(27)33)38-41(46)45(52)48(43(38)50)34-26-14-22-28-16-10-12-24-32(28)34/h3-26,36-38,40-41H,2H2,1H3. The highest BCUT2D eigenvalue weighted by Gasteiger charge is 2.77. The molecule has 11 rings (SSSR count). The van der Waals surface area contributed by atoms with Crippen LogP contribution in [0.5, 0.6) is 0 Å². The molecule has 6 heteroatoms. The summed E-state index contributed by atoms with van der Waals surface area (Å²) in [5.41, 5.74) is 3.50. The number of carbonyl (C=O) groups excluding carboxylic acids is 4. The van der Waals surface area contributed by atoms with Crippen LogP contribution in [-0.2, 0) is 19.2 Å². The quantitative estimate of drug-likeness (QED) is 0.171. The Kier molecular flexibility index (Phi) is 6.59. The number of hydrogen-bond acceptors (Lipinski definition) is 4. The lowest BCUT2D eigenvalue weighted by atomic mass is 9.40. The molecular formula is C46H34N2O4. The number of allylic oxidation sites excluding steroid dienone is 2. The van der Waals surface area contributed by atoms with Crippen LogP contribution in [0.25, 0.3) is 32.7 Å². The fourth-order valence-corrected chi connectivity index (χ4v) is 10.6. The predicted molar refractivity (Wildman–Crippen MR) is 203 cm³/mol. The Morgan fingerprint density at radius 2 is 0.885 bits per heavy atom. The first-order valence-corrected chi connectivity index (χ1v) is 18.0. The molecule has 52 heavy (non-hydrogen) atoms. The van der Waals surface area contributed by atoms with E-state index in [1.807, 2.05) is 153 Å². The largest absolute Gasteiger partial charge is 0.274 e. The summed E-state index contributed by atoms with van der Waals surface area (Å²) in [4.78, 5) is 63.9. The molecule has 3 fully saturated rings. The van der Waals surface area contributed by atoms with E-state index in [1.165, 1.54) is 9.80 Å². The van der Waals surface area contributed by atoms with Crippen LogP contribution in [0, 0.1) is 35.0 Å². The molecule has 2 aliphatic heterocycles. The number of nitrogens with zero attached hydrogens (tertiary/aromatic N) is 2. The molecule has 0 aromatic heterocycles. The molecule has 5 aliphatic rings. The van der Waals surface area contributed by atoms with E-state index < -0.39 is 35.0 Å². The van der Waals surface area contributed by atoms with Gasteiger partial charge in [0.15, 0.2) is 0 Å². The third-order valence-electron chi connectivity index (χ3n) is 12.4. The lowest BCUT2D eigenvalue weighted by molar-refractivity contribution is -0.145. The van der Waals surface area contributed by atoms with Crippen molar-refractivity contribution in [3.8, 4) is 0 Å². The molecule has 2 bridgehead atoms. The van der Waals surface area contributed by atoms with Crippen LogP contribution in [0.15, 0.2) is 146 Å². The number of anilines is 2. The second kappa shape index (κ2) is 11.2. The molecule has 1 saturated carbocycles. The number of imide groups is 2. The highest BCUT2D eigenvalue weighted by Crippen LogP contribution is 2.73. The third-order valence-corrected chi connectivity index (χ3v) is 12.4. The fraction of sp³-hybridized carbons (Fsp3) is 0.174.